The minimum Gasteiger partial charge on any atom is -0.370 e. The number of rotatable bonds is 6. The van der Waals surface area contributed by atoms with Gasteiger partial charge in [0, 0.05) is 26.7 Å². The van der Waals surface area contributed by atoms with Gasteiger partial charge in [-0.1, -0.05) is 60.7 Å². The fourth-order valence-electron chi connectivity index (χ4n) is 2.17. The van der Waals surface area contributed by atoms with E-state index in [0.717, 1.165) is 37.4 Å². The van der Waals surface area contributed by atoms with Crippen LogP contribution in [0.4, 0.5) is 11.4 Å². The van der Waals surface area contributed by atoms with Gasteiger partial charge in [0.2, 0.25) is 5.43 Å². The Morgan fingerprint density at radius 2 is 1.39 bits per heavy atom. The average Bonchev–Trinajstić information content (AvgIpc) is 2.55. The molecule has 0 N–H and O–H groups in total. The summed E-state index contributed by atoms with van der Waals surface area (Å²) in [4.78, 5) is 16.2. The Bertz CT molecular complexity index is 492. The van der Waals surface area contributed by atoms with Crippen molar-refractivity contribution in [2.75, 3.05) is 36.5 Å². The van der Waals surface area contributed by atoms with E-state index in [1.807, 2.05) is 34.7 Å². The zero-order valence-electron chi connectivity index (χ0n) is 17.0. The minimum atomic E-state index is 0.0355. The van der Waals surface area contributed by atoms with Gasteiger partial charge in [-0.3, -0.25) is 4.79 Å². The van der Waals surface area contributed by atoms with E-state index in [1.54, 1.807) is 0 Å². The summed E-state index contributed by atoms with van der Waals surface area (Å²) in [5.41, 5.74) is 2.09. The highest BCUT2D eigenvalue weighted by Crippen LogP contribution is 2.31. The van der Waals surface area contributed by atoms with Crippen LogP contribution >= 0.6 is 12.2 Å². The largest absolute Gasteiger partial charge is 0.370 e. The Hall–Kier alpha value is -0.900. The lowest BCUT2D eigenvalue weighted by Crippen LogP contribution is -2.36. The molecule has 0 bridgehead atoms. The molecule has 0 atom stereocenters. The number of hydrogen-bond acceptors (Lipinski definition) is 4. The molecule has 0 fully saturated rings. The van der Waals surface area contributed by atoms with Crippen LogP contribution in [0.1, 0.15) is 68.7 Å². The summed E-state index contributed by atoms with van der Waals surface area (Å²) in [6.07, 6.45) is 1.05. The summed E-state index contributed by atoms with van der Waals surface area (Å²) in [7, 11) is 1.99. The van der Waals surface area contributed by atoms with Crippen molar-refractivity contribution < 1.29 is 0 Å². The normalized spacial score (nSPS) is 10.3. The predicted molar refractivity (Wildman–Crippen MR) is 110 cm³/mol. The third kappa shape index (κ3) is 7.03. The van der Waals surface area contributed by atoms with Gasteiger partial charge in [-0.25, -0.2) is 0 Å². The van der Waals surface area contributed by atoms with E-state index in [-0.39, 0.29) is 10.8 Å². The van der Waals surface area contributed by atoms with E-state index in [1.165, 1.54) is 0 Å². The molecule has 0 radical (unpaired) electrons. The van der Waals surface area contributed by atoms with Crippen LogP contribution in [0, 0.1) is 9.93 Å². The van der Waals surface area contributed by atoms with E-state index in [9.17, 15) is 4.79 Å². The second-order valence-electron chi connectivity index (χ2n) is 6.26. The topological polar surface area (TPSA) is 23.6 Å². The van der Waals surface area contributed by atoms with Gasteiger partial charge < -0.3 is 9.80 Å². The van der Waals surface area contributed by atoms with Gasteiger partial charge in [-0.2, -0.15) is 0 Å². The van der Waals surface area contributed by atoms with Gasteiger partial charge >= 0.3 is 0 Å². The fraction of sp³-hybridized carbons (Fsp3) is 0.789. The molecular weight excluding hydrogens is 304 g/mol. The van der Waals surface area contributed by atoms with Gasteiger partial charge in [-0.05, 0) is 25.7 Å². The van der Waals surface area contributed by atoms with Crippen molar-refractivity contribution in [1.82, 2.24) is 0 Å². The molecule has 0 amide bonds. The van der Waals surface area contributed by atoms with Crippen LogP contribution in [-0.4, -0.2) is 26.7 Å². The molecular formula is C19H38N2OS. The van der Waals surface area contributed by atoms with E-state index in [0.29, 0.717) is 4.51 Å². The first-order valence-corrected chi connectivity index (χ1v) is 9.43. The molecule has 1 aromatic carbocycles. The van der Waals surface area contributed by atoms with Crippen LogP contribution in [0.3, 0.4) is 0 Å². The molecule has 0 heterocycles. The van der Waals surface area contributed by atoms with Crippen LogP contribution in [0.2, 0.25) is 0 Å². The second kappa shape index (κ2) is 11.6. The van der Waals surface area contributed by atoms with Crippen molar-refractivity contribution >= 4 is 23.6 Å². The smallest absolute Gasteiger partial charge is 0.224 e. The average molecular weight is 343 g/mol. The second-order valence-corrected chi connectivity index (χ2v) is 6.67. The van der Waals surface area contributed by atoms with Crippen molar-refractivity contribution in [1.29, 1.82) is 0 Å². The van der Waals surface area contributed by atoms with Crippen LogP contribution in [0.25, 0.3) is 0 Å². The standard InChI is InChI=1S/C15H26N2OS.2C2H6/c1-7-17(8-2)12-11(13(18)14(12)19)16(6)10-9-15(3,4)5;2*1-2/h7-10H2,1-6H3;2*1-2H3. The van der Waals surface area contributed by atoms with Crippen LogP contribution in [0.5, 0.6) is 0 Å². The highest BCUT2D eigenvalue weighted by atomic mass is 32.1. The molecule has 136 valence electrons. The van der Waals surface area contributed by atoms with Gasteiger partial charge in [0.05, 0.1) is 5.69 Å². The quantitative estimate of drug-likeness (QED) is 0.644. The molecule has 0 spiro atoms. The molecule has 23 heavy (non-hydrogen) atoms. The van der Waals surface area contributed by atoms with Gasteiger partial charge in [0.15, 0.2) is 0 Å². The molecule has 0 saturated carbocycles. The Balaban J connectivity index is 0. The minimum absolute atomic E-state index is 0.0355. The molecule has 4 heteroatoms. The Labute approximate surface area is 149 Å². The maximum atomic E-state index is 12.0. The van der Waals surface area contributed by atoms with Crippen molar-refractivity contribution in [3.63, 3.8) is 0 Å². The lowest BCUT2D eigenvalue weighted by molar-refractivity contribution is 0.381. The molecule has 1 rings (SSSR count). The van der Waals surface area contributed by atoms with E-state index in [2.05, 4.69) is 44.4 Å². The molecule has 0 aromatic heterocycles. The first-order valence-electron chi connectivity index (χ1n) is 9.02. The summed E-state index contributed by atoms with van der Waals surface area (Å²) in [5.74, 6) is 0. The summed E-state index contributed by atoms with van der Waals surface area (Å²) in [6.45, 7) is 21.5. The zero-order valence-corrected chi connectivity index (χ0v) is 17.9. The predicted octanol–water partition coefficient (Wildman–Crippen LogP) is 5.42. The molecule has 0 aliphatic heterocycles. The van der Waals surface area contributed by atoms with Crippen molar-refractivity contribution in [3.8, 4) is 0 Å². The van der Waals surface area contributed by atoms with Gasteiger partial charge in [0.1, 0.15) is 10.2 Å². The maximum absolute atomic E-state index is 12.0. The highest BCUT2D eigenvalue weighted by Gasteiger charge is 2.25. The van der Waals surface area contributed by atoms with Crippen molar-refractivity contribution in [3.05, 3.63) is 14.7 Å². The van der Waals surface area contributed by atoms with Crippen LogP contribution in [0.15, 0.2) is 4.79 Å². The Morgan fingerprint density at radius 3 is 1.74 bits per heavy atom. The number of hydrogen-bond donors (Lipinski definition) is 0. The number of anilines is 2. The molecule has 0 aliphatic rings. The number of nitrogens with zero attached hydrogens (tertiary/aromatic N) is 2. The molecule has 3 nitrogen and oxygen atoms in total. The molecule has 0 saturated heterocycles. The van der Waals surface area contributed by atoms with E-state index in [4.69, 9.17) is 12.2 Å². The van der Waals surface area contributed by atoms with Crippen LogP contribution < -0.4 is 15.2 Å². The first kappa shape index (κ1) is 24.4. The lowest BCUT2D eigenvalue weighted by Gasteiger charge is -2.32. The zero-order chi connectivity index (χ0) is 18.8. The first-order chi connectivity index (χ1) is 10.7. The molecule has 0 unspecified atom stereocenters. The van der Waals surface area contributed by atoms with Crippen molar-refractivity contribution in [2.24, 2.45) is 5.41 Å². The summed E-state index contributed by atoms with van der Waals surface area (Å²) in [6, 6.07) is 0. The monoisotopic (exact) mass is 342 g/mol. The summed E-state index contributed by atoms with van der Waals surface area (Å²) >= 11 is 5.21. The SMILES string of the molecule is CC.CC.CCN(CC)c1c(N(C)CCC(C)(C)C)c(=O)c1=S. The summed E-state index contributed by atoms with van der Waals surface area (Å²) in [5, 5.41) is 0. The highest BCUT2D eigenvalue weighted by molar-refractivity contribution is 7.71. The third-order valence-corrected chi connectivity index (χ3v) is 3.90. The maximum Gasteiger partial charge on any atom is 0.224 e. The van der Waals surface area contributed by atoms with Gasteiger partial charge in [0.25, 0.3) is 0 Å². The molecule has 1 aromatic rings. The Kier molecular flexibility index (Phi) is 12.3. The molecule has 0 aliphatic carbocycles. The third-order valence-electron chi connectivity index (χ3n) is 3.52. The fourth-order valence-corrected chi connectivity index (χ4v) is 2.49. The van der Waals surface area contributed by atoms with E-state index >= 15 is 0 Å². The van der Waals surface area contributed by atoms with Crippen molar-refractivity contribution in [2.45, 2.75) is 68.7 Å². The van der Waals surface area contributed by atoms with Gasteiger partial charge in [-0.15, -0.1) is 0 Å². The summed E-state index contributed by atoms with van der Waals surface area (Å²) < 4.78 is 0.501. The van der Waals surface area contributed by atoms with E-state index < -0.39 is 0 Å². The Morgan fingerprint density at radius 1 is 0.957 bits per heavy atom. The lowest BCUT2D eigenvalue weighted by atomic mass is 9.92. The van der Waals surface area contributed by atoms with Crippen LogP contribution in [-0.2, 0) is 0 Å².